The van der Waals surface area contributed by atoms with Gasteiger partial charge in [0.25, 0.3) is 0 Å². The molecule has 0 amide bonds. The quantitative estimate of drug-likeness (QED) is 0.693. The molecule has 14 heavy (non-hydrogen) atoms. The van der Waals surface area contributed by atoms with Crippen molar-refractivity contribution in [1.82, 2.24) is 0 Å². The average molecular weight is 196 g/mol. The second kappa shape index (κ2) is 4.31. The van der Waals surface area contributed by atoms with Gasteiger partial charge in [0.15, 0.2) is 22.9 Å². The Morgan fingerprint density at radius 1 is 0.929 bits per heavy atom. The Hall–Kier alpha value is -1.98. The van der Waals surface area contributed by atoms with Gasteiger partial charge in [-0.05, 0) is 10.4 Å². The maximum Gasteiger partial charge on any atom is 0.152 e. The standard InChI is InChI=1S/C8H8N2O4/c1-13-7-4-8(14-2)6(10-12)3-5(7)9-11/h3-4H,1-2H3. The molecule has 74 valence electrons. The van der Waals surface area contributed by atoms with Crippen LogP contribution < -0.4 is 9.47 Å². The van der Waals surface area contributed by atoms with Gasteiger partial charge in [-0.2, -0.15) is 0 Å². The molecule has 0 aromatic heterocycles. The predicted molar refractivity (Wildman–Crippen MR) is 50.5 cm³/mol. The summed E-state index contributed by atoms with van der Waals surface area (Å²) in [6.45, 7) is 0. The normalized spacial score (nSPS) is 9.29. The van der Waals surface area contributed by atoms with Crippen molar-refractivity contribution < 1.29 is 9.47 Å². The molecule has 0 aliphatic carbocycles. The average Bonchev–Trinajstić information content (AvgIpc) is 2.26. The highest BCUT2D eigenvalue weighted by molar-refractivity contribution is 5.66. The molecule has 6 nitrogen and oxygen atoms in total. The maximum absolute atomic E-state index is 10.3. The molecule has 1 aromatic rings. The van der Waals surface area contributed by atoms with Crippen LogP contribution in [-0.2, 0) is 0 Å². The fourth-order valence-electron chi connectivity index (χ4n) is 1.01. The molecule has 0 atom stereocenters. The van der Waals surface area contributed by atoms with E-state index < -0.39 is 0 Å². The Bertz CT molecular complexity index is 333. The van der Waals surface area contributed by atoms with Crippen LogP contribution in [0.15, 0.2) is 22.5 Å². The minimum absolute atomic E-state index is 0.0166. The van der Waals surface area contributed by atoms with E-state index in [0.717, 1.165) is 0 Å². The number of methoxy groups -OCH3 is 2. The molecule has 6 heteroatoms. The van der Waals surface area contributed by atoms with Crippen molar-refractivity contribution in [2.45, 2.75) is 0 Å². The molecule has 0 heterocycles. The van der Waals surface area contributed by atoms with Gasteiger partial charge < -0.3 is 9.47 Å². The summed E-state index contributed by atoms with van der Waals surface area (Å²) in [6.07, 6.45) is 0. The van der Waals surface area contributed by atoms with Gasteiger partial charge in [-0.25, -0.2) is 0 Å². The third-order valence-corrected chi connectivity index (χ3v) is 1.68. The fourth-order valence-corrected chi connectivity index (χ4v) is 1.01. The molecule has 0 bridgehead atoms. The van der Waals surface area contributed by atoms with Gasteiger partial charge >= 0.3 is 0 Å². The topological polar surface area (TPSA) is 77.3 Å². The lowest BCUT2D eigenvalue weighted by Gasteiger charge is -2.06. The number of ether oxygens (including phenoxy) is 2. The summed E-state index contributed by atoms with van der Waals surface area (Å²) < 4.78 is 9.72. The first-order valence-corrected chi connectivity index (χ1v) is 3.69. The molecule has 0 aliphatic heterocycles. The molecule has 0 N–H and O–H groups in total. The molecule has 0 radical (unpaired) electrons. The Morgan fingerprint density at radius 3 is 1.64 bits per heavy atom. The molecule has 1 aromatic carbocycles. The van der Waals surface area contributed by atoms with E-state index in [1.165, 1.54) is 26.4 Å². The van der Waals surface area contributed by atoms with Gasteiger partial charge in [0.05, 0.1) is 14.2 Å². The van der Waals surface area contributed by atoms with E-state index >= 15 is 0 Å². The second-order valence-electron chi connectivity index (χ2n) is 2.38. The lowest BCUT2D eigenvalue weighted by Crippen LogP contribution is -1.87. The summed E-state index contributed by atoms with van der Waals surface area (Å²) in [5, 5.41) is 5.39. The van der Waals surface area contributed by atoms with E-state index in [4.69, 9.17) is 9.47 Å². The number of benzene rings is 1. The number of nitroso groups, excluding NO2 is 2. The lowest BCUT2D eigenvalue weighted by molar-refractivity contribution is 0.396. The molecule has 0 saturated carbocycles. The smallest absolute Gasteiger partial charge is 0.152 e. The van der Waals surface area contributed by atoms with Gasteiger partial charge in [-0.3, -0.25) is 0 Å². The molecular weight excluding hydrogens is 188 g/mol. The lowest BCUT2D eigenvalue weighted by atomic mass is 10.2. The number of nitrogens with zero attached hydrogens (tertiary/aromatic N) is 2. The summed E-state index contributed by atoms with van der Waals surface area (Å²) in [5.41, 5.74) is 0.0331. The molecule has 0 spiro atoms. The third-order valence-electron chi connectivity index (χ3n) is 1.68. The number of hydrogen-bond donors (Lipinski definition) is 0. The highest BCUT2D eigenvalue weighted by Gasteiger charge is 2.11. The van der Waals surface area contributed by atoms with Crippen LogP contribution in [0.25, 0.3) is 0 Å². The Labute approximate surface area is 79.8 Å². The van der Waals surface area contributed by atoms with E-state index in [0.29, 0.717) is 0 Å². The highest BCUT2D eigenvalue weighted by atomic mass is 16.5. The second-order valence-corrected chi connectivity index (χ2v) is 2.38. The highest BCUT2D eigenvalue weighted by Crippen LogP contribution is 2.39. The van der Waals surface area contributed by atoms with Crippen LogP contribution in [0.1, 0.15) is 0 Å². The molecule has 0 fully saturated rings. The van der Waals surface area contributed by atoms with E-state index in [-0.39, 0.29) is 22.9 Å². The van der Waals surface area contributed by atoms with E-state index in [9.17, 15) is 9.81 Å². The first kappa shape index (κ1) is 10.1. The zero-order chi connectivity index (χ0) is 10.6. The summed E-state index contributed by atoms with van der Waals surface area (Å²) in [6, 6.07) is 2.59. The molecule has 0 unspecified atom stereocenters. The van der Waals surface area contributed by atoms with Crippen LogP contribution in [0.3, 0.4) is 0 Å². The molecule has 0 aliphatic rings. The van der Waals surface area contributed by atoms with Crippen LogP contribution in [-0.4, -0.2) is 14.2 Å². The van der Waals surface area contributed by atoms with E-state index in [2.05, 4.69) is 10.4 Å². The van der Waals surface area contributed by atoms with Crippen LogP contribution in [0.2, 0.25) is 0 Å². The van der Waals surface area contributed by atoms with Crippen LogP contribution in [0.4, 0.5) is 11.4 Å². The minimum atomic E-state index is 0.0166. The fraction of sp³-hybridized carbons (Fsp3) is 0.250. The Balaban J connectivity index is 3.34. The van der Waals surface area contributed by atoms with Gasteiger partial charge in [0, 0.05) is 12.1 Å². The van der Waals surface area contributed by atoms with Crippen molar-refractivity contribution in [1.29, 1.82) is 0 Å². The molecule has 0 saturated heterocycles. The predicted octanol–water partition coefficient (Wildman–Crippen LogP) is 2.50. The first-order valence-electron chi connectivity index (χ1n) is 3.69. The zero-order valence-electron chi connectivity index (χ0n) is 7.68. The maximum atomic E-state index is 10.3. The van der Waals surface area contributed by atoms with Crippen molar-refractivity contribution in [3.8, 4) is 11.5 Å². The van der Waals surface area contributed by atoms with Gasteiger partial charge in [-0.1, -0.05) is 0 Å². The number of hydrogen-bond acceptors (Lipinski definition) is 6. The Morgan fingerprint density at radius 2 is 1.36 bits per heavy atom. The van der Waals surface area contributed by atoms with Crippen LogP contribution in [0.5, 0.6) is 11.5 Å². The van der Waals surface area contributed by atoms with Crippen molar-refractivity contribution >= 4 is 11.4 Å². The van der Waals surface area contributed by atoms with E-state index in [1.54, 1.807) is 0 Å². The third kappa shape index (κ3) is 1.68. The summed E-state index contributed by atoms with van der Waals surface area (Å²) in [5.74, 6) is 0.480. The zero-order valence-corrected chi connectivity index (χ0v) is 7.68. The van der Waals surface area contributed by atoms with Gasteiger partial charge in [0.1, 0.15) is 0 Å². The molecular formula is C8H8N2O4. The Kier molecular flexibility index (Phi) is 3.11. The van der Waals surface area contributed by atoms with Gasteiger partial charge in [0.2, 0.25) is 0 Å². The number of rotatable bonds is 4. The van der Waals surface area contributed by atoms with Crippen molar-refractivity contribution in [3.63, 3.8) is 0 Å². The largest absolute Gasteiger partial charge is 0.494 e. The monoisotopic (exact) mass is 196 g/mol. The summed E-state index contributed by atoms with van der Waals surface area (Å²) in [4.78, 5) is 20.7. The van der Waals surface area contributed by atoms with Crippen molar-refractivity contribution in [2.75, 3.05) is 14.2 Å². The minimum Gasteiger partial charge on any atom is -0.494 e. The van der Waals surface area contributed by atoms with E-state index in [1.807, 2.05) is 0 Å². The first-order chi connectivity index (χ1) is 6.76. The van der Waals surface area contributed by atoms with Crippen molar-refractivity contribution in [2.24, 2.45) is 10.4 Å². The molecule has 1 rings (SSSR count). The summed E-state index contributed by atoms with van der Waals surface area (Å²) in [7, 11) is 2.77. The SMILES string of the molecule is COc1cc(OC)c(N=O)cc1N=O. The van der Waals surface area contributed by atoms with Crippen LogP contribution in [0, 0.1) is 9.81 Å². The summed E-state index contributed by atoms with van der Waals surface area (Å²) >= 11 is 0. The van der Waals surface area contributed by atoms with Crippen molar-refractivity contribution in [3.05, 3.63) is 21.9 Å². The van der Waals surface area contributed by atoms with Crippen LogP contribution >= 0.6 is 0 Å². The van der Waals surface area contributed by atoms with Gasteiger partial charge in [-0.15, -0.1) is 9.81 Å².